The molecule has 6 heteroatoms. The van der Waals surface area contributed by atoms with Crippen LogP contribution in [0.4, 0.5) is 5.69 Å². The van der Waals surface area contributed by atoms with Crippen molar-refractivity contribution >= 4 is 11.7 Å². The Kier molecular flexibility index (Phi) is 1.91. The molecule has 2 N–H and O–H groups in total. The van der Waals surface area contributed by atoms with Crippen LogP contribution >= 0.6 is 0 Å². The summed E-state index contributed by atoms with van der Waals surface area (Å²) in [7, 11) is 0. The van der Waals surface area contributed by atoms with E-state index in [1.54, 1.807) is 0 Å². The smallest absolute Gasteiger partial charge is 0.360 e. The van der Waals surface area contributed by atoms with Gasteiger partial charge in [0.2, 0.25) is 5.69 Å². The fraction of sp³-hybridized carbons (Fsp3) is 0.182. The Hall–Kier alpha value is -2.37. The average molecular weight is 231 g/mol. The van der Waals surface area contributed by atoms with Gasteiger partial charge in [0.15, 0.2) is 5.76 Å². The van der Waals surface area contributed by atoms with Gasteiger partial charge in [-0.2, -0.15) is 0 Å². The highest BCUT2D eigenvalue weighted by atomic mass is 16.5. The maximum Gasteiger partial charge on any atom is 0.360 e. The van der Waals surface area contributed by atoms with E-state index in [-0.39, 0.29) is 5.69 Å². The number of carboxylic acid groups (broad SMARTS) is 1. The molecule has 6 nitrogen and oxygen atoms in total. The SMILES string of the molecule is Cc1ccc2c(n1)CNc1c(C(=O)O)noc1-2. The van der Waals surface area contributed by atoms with Crippen molar-refractivity contribution in [3.63, 3.8) is 0 Å². The van der Waals surface area contributed by atoms with Gasteiger partial charge in [0, 0.05) is 11.3 Å². The molecular formula is C11H9N3O3. The van der Waals surface area contributed by atoms with Crippen LogP contribution in [-0.2, 0) is 6.54 Å². The third kappa shape index (κ3) is 1.37. The molecule has 0 radical (unpaired) electrons. The summed E-state index contributed by atoms with van der Waals surface area (Å²) in [6.07, 6.45) is 0. The third-order valence-corrected chi connectivity index (χ3v) is 2.69. The second-order valence-electron chi connectivity index (χ2n) is 3.84. The van der Waals surface area contributed by atoms with E-state index in [4.69, 9.17) is 9.63 Å². The van der Waals surface area contributed by atoms with Crippen LogP contribution in [0.2, 0.25) is 0 Å². The van der Waals surface area contributed by atoms with Crippen LogP contribution in [0.15, 0.2) is 16.7 Å². The summed E-state index contributed by atoms with van der Waals surface area (Å²) in [5.74, 6) is -0.665. The first-order valence-electron chi connectivity index (χ1n) is 5.10. The monoisotopic (exact) mass is 231 g/mol. The molecule has 86 valence electrons. The van der Waals surface area contributed by atoms with Gasteiger partial charge in [-0.3, -0.25) is 4.98 Å². The predicted octanol–water partition coefficient (Wildman–Crippen LogP) is 1.67. The number of pyridine rings is 1. The standard InChI is InChI=1S/C11H9N3O3/c1-5-2-3-6-7(13-5)4-12-8-9(11(15)16)14-17-10(6)8/h2-3,12H,4H2,1H3,(H,15,16). The van der Waals surface area contributed by atoms with Crippen molar-refractivity contribution in [2.75, 3.05) is 5.32 Å². The first kappa shape index (κ1) is 9.83. The van der Waals surface area contributed by atoms with Crippen LogP contribution in [-0.4, -0.2) is 21.2 Å². The Bertz CT molecular complexity index is 618. The molecule has 0 aliphatic carbocycles. The van der Waals surface area contributed by atoms with Crippen LogP contribution in [0.25, 0.3) is 11.3 Å². The number of aromatic nitrogens is 2. The van der Waals surface area contributed by atoms with Gasteiger partial charge < -0.3 is 14.9 Å². The Morgan fingerprint density at radius 2 is 2.35 bits per heavy atom. The summed E-state index contributed by atoms with van der Waals surface area (Å²) in [6, 6.07) is 3.73. The number of anilines is 1. The summed E-state index contributed by atoms with van der Waals surface area (Å²) in [5, 5.41) is 15.5. The zero-order valence-corrected chi connectivity index (χ0v) is 9.02. The zero-order chi connectivity index (χ0) is 12.0. The van der Waals surface area contributed by atoms with Crippen LogP contribution < -0.4 is 5.32 Å². The zero-order valence-electron chi connectivity index (χ0n) is 9.02. The van der Waals surface area contributed by atoms with Crippen LogP contribution in [0.5, 0.6) is 0 Å². The Balaban J connectivity index is 2.21. The van der Waals surface area contributed by atoms with Gasteiger partial charge in [-0.1, -0.05) is 5.16 Å². The molecule has 0 fully saturated rings. The molecule has 0 saturated carbocycles. The topological polar surface area (TPSA) is 88.2 Å². The van der Waals surface area contributed by atoms with Crippen molar-refractivity contribution in [1.29, 1.82) is 0 Å². The van der Waals surface area contributed by atoms with Crippen molar-refractivity contribution in [3.05, 3.63) is 29.2 Å². The number of nitrogens with zero attached hydrogens (tertiary/aromatic N) is 2. The number of carboxylic acids is 1. The summed E-state index contributed by atoms with van der Waals surface area (Å²) in [4.78, 5) is 15.3. The Labute approximate surface area is 96.3 Å². The van der Waals surface area contributed by atoms with Crippen LogP contribution in [0, 0.1) is 6.92 Å². The minimum Gasteiger partial charge on any atom is -0.476 e. The van der Waals surface area contributed by atoms with E-state index in [0.717, 1.165) is 17.0 Å². The van der Waals surface area contributed by atoms with E-state index in [1.807, 2.05) is 19.1 Å². The highest BCUT2D eigenvalue weighted by Crippen LogP contribution is 2.36. The molecule has 2 aromatic heterocycles. The minimum atomic E-state index is -1.11. The molecule has 2 aromatic rings. The molecule has 0 amide bonds. The summed E-state index contributed by atoms with van der Waals surface area (Å²) in [5.41, 5.74) is 2.88. The molecule has 0 atom stereocenters. The van der Waals surface area contributed by atoms with E-state index in [2.05, 4.69) is 15.5 Å². The molecule has 0 unspecified atom stereocenters. The van der Waals surface area contributed by atoms with Crippen molar-refractivity contribution in [3.8, 4) is 11.3 Å². The Morgan fingerprint density at radius 3 is 3.12 bits per heavy atom. The van der Waals surface area contributed by atoms with Crippen molar-refractivity contribution in [1.82, 2.24) is 10.1 Å². The van der Waals surface area contributed by atoms with Gasteiger partial charge in [-0.15, -0.1) is 0 Å². The number of aryl methyl sites for hydroxylation is 1. The van der Waals surface area contributed by atoms with Crippen molar-refractivity contribution in [2.45, 2.75) is 13.5 Å². The number of rotatable bonds is 1. The van der Waals surface area contributed by atoms with Crippen LogP contribution in [0.1, 0.15) is 21.9 Å². The number of hydrogen-bond donors (Lipinski definition) is 2. The van der Waals surface area contributed by atoms with Gasteiger partial charge in [0.25, 0.3) is 0 Å². The van der Waals surface area contributed by atoms with Gasteiger partial charge >= 0.3 is 5.97 Å². The predicted molar refractivity (Wildman–Crippen MR) is 58.8 cm³/mol. The summed E-state index contributed by atoms with van der Waals surface area (Å²) in [6.45, 7) is 2.38. The normalized spacial score (nSPS) is 12.5. The van der Waals surface area contributed by atoms with E-state index in [9.17, 15) is 4.79 Å². The number of carbonyl (C=O) groups is 1. The second-order valence-corrected chi connectivity index (χ2v) is 3.84. The fourth-order valence-electron chi connectivity index (χ4n) is 1.91. The van der Waals surface area contributed by atoms with Crippen molar-refractivity contribution in [2.24, 2.45) is 0 Å². The summed E-state index contributed by atoms with van der Waals surface area (Å²) >= 11 is 0. The lowest BCUT2D eigenvalue weighted by atomic mass is 10.0. The van der Waals surface area contributed by atoms with E-state index >= 15 is 0 Å². The van der Waals surface area contributed by atoms with E-state index in [0.29, 0.717) is 18.0 Å². The molecule has 1 aliphatic heterocycles. The number of nitrogens with one attached hydrogen (secondary N) is 1. The third-order valence-electron chi connectivity index (χ3n) is 2.69. The molecule has 0 bridgehead atoms. The molecule has 3 heterocycles. The fourth-order valence-corrected chi connectivity index (χ4v) is 1.91. The van der Waals surface area contributed by atoms with Gasteiger partial charge in [-0.05, 0) is 19.1 Å². The molecule has 0 spiro atoms. The largest absolute Gasteiger partial charge is 0.476 e. The summed E-state index contributed by atoms with van der Waals surface area (Å²) < 4.78 is 5.08. The lowest BCUT2D eigenvalue weighted by Crippen LogP contribution is -2.12. The quantitative estimate of drug-likeness (QED) is 0.776. The first-order valence-corrected chi connectivity index (χ1v) is 5.10. The van der Waals surface area contributed by atoms with Gasteiger partial charge in [0.1, 0.15) is 5.69 Å². The van der Waals surface area contributed by atoms with E-state index in [1.165, 1.54) is 0 Å². The first-order chi connectivity index (χ1) is 8.16. The average Bonchev–Trinajstić information content (AvgIpc) is 2.72. The number of aromatic carboxylic acids is 1. The molecule has 0 saturated heterocycles. The lowest BCUT2D eigenvalue weighted by Gasteiger charge is -2.15. The second kappa shape index (κ2) is 3.31. The molecular weight excluding hydrogens is 222 g/mol. The molecule has 3 rings (SSSR count). The maximum atomic E-state index is 10.9. The number of hydrogen-bond acceptors (Lipinski definition) is 5. The van der Waals surface area contributed by atoms with Gasteiger partial charge in [-0.25, -0.2) is 4.79 Å². The maximum absolute atomic E-state index is 10.9. The lowest BCUT2D eigenvalue weighted by molar-refractivity contribution is 0.0686. The van der Waals surface area contributed by atoms with Crippen LogP contribution in [0.3, 0.4) is 0 Å². The number of fused-ring (bicyclic) bond motifs is 3. The minimum absolute atomic E-state index is 0.0915. The highest BCUT2D eigenvalue weighted by Gasteiger charge is 2.27. The van der Waals surface area contributed by atoms with Gasteiger partial charge in [0.05, 0.1) is 12.2 Å². The molecule has 1 aliphatic rings. The van der Waals surface area contributed by atoms with E-state index < -0.39 is 5.97 Å². The molecule has 0 aromatic carbocycles. The highest BCUT2D eigenvalue weighted by molar-refractivity contribution is 5.96. The molecule has 17 heavy (non-hydrogen) atoms. The Morgan fingerprint density at radius 1 is 1.53 bits per heavy atom. The van der Waals surface area contributed by atoms with Crippen molar-refractivity contribution < 1.29 is 14.4 Å².